The fraction of sp³-hybridized carbons (Fsp3) is 0.238. The Morgan fingerprint density at radius 3 is 2.37 bits per heavy atom. The van der Waals surface area contributed by atoms with E-state index in [9.17, 15) is 4.79 Å². The number of likely N-dealkylation sites (N-methyl/N-ethyl adjacent to an activating group) is 1. The summed E-state index contributed by atoms with van der Waals surface area (Å²) in [7, 11) is 4.76. The van der Waals surface area contributed by atoms with E-state index >= 15 is 0 Å². The van der Waals surface area contributed by atoms with E-state index in [1.54, 1.807) is 32.4 Å². The highest BCUT2D eigenvalue weighted by Crippen LogP contribution is 2.38. The summed E-state index contributed by atoms with van der Waals surface area (Å²) in [6, 6.07) is 10.8. The number of carbonyl (C=O) groups is 1. The molecule has 0 saturated carbocycles. The Morgan fingerprint density at radius 1 is 1.07 bits per heavy atom. The summed E-state index contributed by atoms with van der Waals surface area (Å²) in [4.78, 5) is 14.2. The van der Waals surface area contributed by atoms with Crippen LogP contribution in [0.2, 0.25) is 5.02 Å². The number of carbonyl (C=O) groups excluding carboxylic acids is 1. The van der Waals surface area contributed by atoms with Crippen LogP contribution in [0.15, 0.2) is 41.3 Å². The van der Waals surface area contributed by atoms with Gasteiger partial charge in [-0.1, -0.05) is 47.7 Å². The predicted octanol–water partition coefficient (Wildman–Crippen LogP) is 4.65. The molecule has 1 saturated heterocycles. The predicted molar refractivity (Wildman–Crippen MR) is 123 cm³/mol. The number of halogens is 1. The standard InChI is InChI=1S/C21H20ClNO5S2/c1-23-20(24)18(30-21(23)29)12-13-10-14(22)19(17(11-13)26-3)28-9-8-27-16-7-5-4-6-15(16)25-2/h4-7,10-12H,8-9H2,1-3H3. The van der Waals surface area contributed by atoms with Crippen LogP contribution in [-0.2, 0) is 4.79 Å². The third-order valence-electron chi connectivity index (χ3n) is 4.19. The fourth-order valence-electron chi connectivity index (χ4n) is 2.69. The molecule has 0 radical (unpaired) electrons. The first kappa shape index (κ1) is 22.3. The molecule has 1 aliphatic heterocycles. The molecular weight excluding hydrogens is 446 g/mol. The van der Waals surface area contributed by atoms with E-state index in [0.29, 0.717) is 49.4 Å². The Morgan fingerprint density at radius 2 is 1.73 bits per heavy atom. The summed E-state index contributed by atoms with van der Waals surface area (Å²) in [6.45, 7) is 0.544. The molecule has 1 amide bonds. The van der Waals surface area contributed by atoms with E-state index in [1.165, 1.54) is 23.8 Å². The highest BCUT2D eigenvalue weighted by molar-refractivity contribution is 8.26. The molecule has 0 bridgehead atoms. The van der Waals surface area contributed by atoms with Crippen molar-refractivity contribution in [2.24, 2.45) is 0 Å². The highest BCUT2D eigenvalue weighted by atomic mass is 35.5. The van der Waals surface area contributed by atoms with Crippen molar-refractivity contribution in [2.45, 2.75) is 0 Å². The lowest BCUT2D eigenvalue weighted by Gasteiger charge is -2.14. The minimum Gasteiger partial charge on any atom is -0.493 e. The number of hydrogen-bond acceptors (Lipinski definition) is 7. The lowest BCUT2D eigenvalue weighted by molar-refractivity contribution is -0.121. The van der Waals surface area contributed by atoms with Crippen molar-refractivity contribution in [3.63, 3.8) is 0 Å². The number of nitrogens with zero attached hydrogens (tertiary/aromatic N) is 1. The van der Waals surface area contributed by atoms with Crippen molar-refractivity contribution < 1.29 is 23.7 Å². The van der Waals surface area contributed by atoms with Gasteiger partial charge in [0.05, 0.1) is 24.1 Å². The SMILES string of the molecule is COc1ccccc1OCCOc1c(Cl)cc(C=C2SC(=S)N(C)C2=O)cc1OC. The average Bonchev–Trinajstić information content (AvgIpc) is 2.98. The van der Waals surface area contributed by atoms with Gasteiger partial charge in [-0.3, -0.25) is 9.69 Å². The second-order valence-electron chi connectivity index (χ2n) is 6.12. The first-order valence-corrected chi connectivity index (χ1v) is 10.5. The number of thiocarbonyl (C=S) groups is 1. The Labute approximate surface area is 189 Å². The molecule has 2 aromatic carbocycles. The number of ether oxygens (including phenoxy) is 4. The Bertz CT molecular complexity index is 995. The molecule has 158 valence electrons. The number of amides is 1. The number of benzene rings is 2. The number of methoxy groups -OCH3 is 2. The maximum Gasteiger partial charge on any atom is 0.265 e. The average molecular weight is 466 g/mol. The quantitative estimate of drug-likeness (QED) is 0.319. The van der Waals surface area contributed by atoms with E-state index in [4.69, 9.17) is 42.8 Å². The monoisotopic (exact) mass is 465 g/mol. The van der Waals surface area contributed by atoms with Crippen LogP contribution in [0.1, 0.15) is 5.56 Å². The summed E-state index contributed by atoms with van der Waals surface area (Å²) >= 11 is 12.8. The molecule has 0 N–H and O–H groups in total. The molecule has 6 nitrogen and oxygen atoms in total. The molecule has 0 aliphatic carbocycles. The van der Waals surface area contributed by atoms with Gasteiger partial charge in [-0.05, 0) is 35.9 Å². The van der Waals surface area contributed by atoms with E-state index in [-0.39, 0.29) is 12.5 Å². The van der Waals surface area contributed by atoms with Crippen LogP contribution in [0.4, 0.5) is 0 Å². The minimum absolute atomic E-state index is 0.145. The normalized spacial score (nSPS) is 14.9. The second kappa shape index (κ2) is 10.1. The Balaban J connectivity index is 1.69. The number of hydrogen-bond donors (Lipinski definition) is 0. The van der Waals surface area contributed by atoms with Crippen molar-refractivity contribution in [2.75, 3.05) is 34.5 Å². The third kappa shape index (κ3) is 5.00. The highest BCUT2D eigenvalue weighted by Gasteiger charge is 2.28. The zero-order valence-corrected chi connectivity index (χ0v) is 19.0. The molecule has 0 atom stereocenters. The van der Waals surface area contributed by atoms with Crippen LogP contribution >= 0.6 is 35.6 Å². The molecule has 0 unspecified atom stereocenters. The zero-order chi connectivity index (χ0) is 21.7. The summed E-state index contributed by atoms with van der Waals surface area (Å²) in [5, 5.41) is 0.366. The molecule has 1 fully saturated rings. The first-order chi connectivity index (χ1) is 14.4. The van der Waals surface area contributed by atoms with Crippen molar-refractivity contribution in [3.05, 3.63) is 51.9 Å². The molecule has 1 heterocycles. The summed E-state index contributed by atoms with van der Waals surface area (Å²) in [5.41, 5.74) is 0.712. The van der Waals surface area contributed by atoms with Gasteiger partial charge in [-0.15, -0.1) is 0 Å². The lowest BCUT2D eigenvalue weighted by Crippen LogP contribution is -2.22. The molecule has 30 heavy (non-hydrogen) atoms. The Kier molecular flexibility index (Phi) is 7.47. The van der Waals surface area contributed by atoms with Gasteiger partial charge in [0.1, 0.15) is 17.5 Å². The number of thioether (sulfide) groups is 1. The maximum absolute atomic E-state index is 12.2. The molecular formula is C21H20ClNO5S2. The van der Waals surface area contributed by atoms with Crippen LogP contribution < -0.4 is 18.9 Å². The van der Waals surface area contributed by atoms with Crippen molar-refractivity contribution in [1.29, 1.82) is 0 Å². The van der Waals surface area contributed by atoms with Gasteiger partial charge in [-0.25, -0.2) is 0 Å². The van der Waals surface area contributed by atoms with Gasteiger partial charge in [0, 0.05) is 7.05 Å². The van der Waals surface area contributed by atoms with Crippen LogP contribution in [0.3, 0.4) is 0 Å². The zero-order valence-electron chi connectivity index (χ0n) is 16.6. The lowest BCUT2D eigenvalue weighted by atomic mass is 10.2. The Hall–Kier alpha value is -2.42. The van der Waals surface area contributed by atoms with Gasteiger partial charge >= 0.3 is 0 Å². The maximum atomic E-state index is 12.2. The van der Waals surface area contributed by atoms with Gasteiger partial charge in [0.2, 0.25) is 0 Å². The van der Waals surface area contributed by atoms with Crippen LogP contribution in [-0.4, -0.2) is 49.6 Å². The fourth-order valence-corrected chi connectivity index (χ4v) is 4.15. The number of rotatable bonds is 8. The van der Waals surface area contributed by atoms with E-state index in [2.05, 4.69) is 0 Å². The summed E-state index contributed by atoms with van der Waals surface area (Å²) in [6.07, 6.45) is 1.73. The summed E-state index contributed by atoms with van der Waals surface area (Å²) < 4.78 is 22.7. The smallest absolute Gasteiger partial charge is 0.265 e. The van der Waals surface area contributed by atoms with Gasteiger partial charge in [0.15, 0.2) is 23.0 Å². The van der Waals surface area contributed by atoms with Crippen LogP contribution in [0.25, 0.3) is 6.08 Å². The molecule has 0 aromatic heterocycles. The molecule has 3 rings (SSSR count). The molecule has 1 aliphatic rings. The minimum atomic E-state index is -0.145. The van der Waals surface area contributed by atoms with E-state index in [1.807, 2.05) is 24.3 Å². The van der Waals surface area contributed by atoms with Crippen molar-refractivity contribution >= 4 is 51.9 Å². The molecule has 2 aromatic rings. The van der Waals surface area contributed by atoms with Gasteiger partial charge < -0.3 is 18.9 Å². The molecule has 9 heteroatoms. The van der Waals surface area contributed by atoms with Crippen molar-refractivity contribution in [3.8, 4) is 23.0 Å². The van der Waals surface area contributed by atoms with Gasteiger partial charge in [-0.2, -0.15) is 0 Å². The third-order valence-corrected chi connectivity index (χ3v) is 5.96. The van der Waals surface area contributed by atoms with E-state index < -0.39 is 0 Å². The number of para-hydroxylation sites is 2. The van der Waals surface area contributed by atoms with Crippen molar-refractivity contribution in [1.82, 2.24) is 4.90 Å². The van der Waals surface area contributed by atoms with Crippen LogP contribution in [0, 0.1) is 0 Å². The van der Waals surface area contributed by atoms with Gasteiger partial charge in [0.25, 0.3) is 5.91 Å². The second-order valence-corrected chi connectivity index (χ2v) is 8.21. The molecule has 0 spiro atoms. The topological polar surface area (TPSA) is 57.2 Å². The van der Waals surface area contributed by atoms with Crippen LogP contribution in [0.5, 0.6) is 23.0 Å². The first-order valence-electron chi connectivity index (χ1n) is 8.92. The largest absolute Gasteiger partial charge is 0.493 e. The van der Waals surface area contributed by atoms with E-state index in [0.717, 1.165) is 0 Å². The summed E-state index contributed by atoms with van der Waals surface area (Å²) in [5.74, 6) is 2.00.